The van der Waals surface area contributed by atoms with Crippen molar-refractivity contribution in [2.45, 2.75) is 26.4 Å². The van der Waals surface area contributed by atoms with E-state index in [4.69, 9.17) is 14.7 Å². The van der Waals surface area contributed by atoms with Crippen LogP contribution in [0.25, 0.3) is 0 Å². The molecule has 0 saturated carbocycles. The molecule has 32 heavy (non-hydrogen) atoms. The van der Waals surface area contributed by atoms with Gasteiger partial charge in [-0.15, -0.1) is 0 Å². The number of hydrogen-bond acceptors (Lipinski definition) is 7. The monoisotopic (exact) mass is 430 g/mol. The van der Waals surface area contributed by atoms with Gasteiger partial charge in [0.1, 0.15) is 11.6 Å². The van der Waals surface area contributed by atoms with Crippen molar-refractivity contribution in [3.63, 3.8) is 0 Å². The predicted molar refractivity (Wildman–Crippen MR) is 126 cm³/mol. The average molecular weight is 431 g/mol. The van der Waals surface area contributed by atoms with Crippen molar-refractivity contribution >= 4 is 11.8 Å². The third-order valence-electron chi connectivity index (χ3n) is 6.20. The van der Waals surface area contributed by atoms with E-state index in [-0.39, 0.29) is 0 Å². The summed E-state index contributed by atoms with van der Waals surface area (Å²) in [6.45, 7) is 9.17. The van der Waals surface area contributed by atoms with Gasteiger partial charge in [-0.1, -0.05) is 24.3 Å². The Hall–Kier alpha value is -3.19. The quantitative estimate of drug-likeness (QED) is 0.595. The number of fused-ring (bicyclic) bond motifs is 1. The van der Waals surface area contributed by atoms with Crippen molar-refractivity contribution < 1.29 is 4.74 Å². The van der Waals surface area contributed by atoms with Crippen LogP contribution in [0.5, 0.6) is 5.75 Å². The molecule has 2 aromatic heterocycles. The van der Waals surface area contributed by atoms with Gasteiger partial charge in [-0.3, -0.25) is 4.90 Å². The molecule has 3 aromatic rings. The first-order chi connectivity index (χ1) is 15.8. The highest BCUT2D eigenvalue weighted by atomic mass is 16.5. The van der Waals surface area contributed by atoms with Crippen LogP contribution in [0.15, 0.2) is 54.9 Å². The molecule has 2 aliphatic rings. The summed E-state index contributed by atoms with van der Waals surface area (Å²) in [6.07, 6.45) is 4.84. The summed E-state index contributed by atoms with van der Waals surface area (Å²) < 4.78 is 5.80. The predicted octanol–water partition coefficient (Wildman–Crippen LogP) is 3.16. The Balaban J connectivity index is 1.21. The van der Waals surface area contributed by atoms with E-state index in [0.717, 1.165) is 69.7 Å². The molecule has 0 aliphatic carbocycles. The van der Waals surface area contributed by atoms with Gasteiger partial charge in [0.05, 0.1) is 12.3 Å². The Morgan fingerprint density at radius 3 is 2.53 bits per heavy atom. The molecule has 166 valence electrons. The number of nitrogens with zero attached hydrogens (tertiary/aromatic N) is 6. The zero-order chi connectivity index (χ0) is 21.8. The minimum absolute atomic E-state index is 0.687. The maximum atomic E-state index is 5.80. The number of hydrogen-bond donors (Lipinski definition) is 0. The third kappa shape index (κ3) is 4.53. The second kappa shape index (κ2) is 9.53. The number of anilines is 2. The lowest BCUT2D eigenvalue weighted by molar-refractivity contribution is 0.237. The molecule has 4 heterocycles. The summed E-state index contributed by atoms with van der Waals surface area (Å²) in [4.78, 5) is 21.2. The average Bonchev–Trinajstić information content (AvgIpc) is 2.86. The van der Waals surface area contributed by atoms with Gasteiger partial charge in [-0.2, -0.15) is 0 Å². The zero-order valence-electron chi connectivity index (χ0n) is 18.7. The second-order valence-electron chi connectivity index (χ2n) is 8.31. The molecule has 1 fully saturated rings. The van der Waals surface area contributed by atoms with Crippen LogP contribution in [-0.4, -0.2) is 59.2 Å². The minimum Gasteiger partial charge on any atom is -0.494 e. The van der Waals surface area contributed by atoms with Gasteiger partial charge in [-0.05, 0) is 25.1 Å². The van der Waals surface area contributed by atoms with E-state index in [1.807, 2.05) is 37.5 Å². The van der Waals surface area contributed by atoms with Crippen molar-refractivity contribution in [3.8, 4) is 5.75 Å². The summed E-state index contributed by atoms with van der Waals surface area (Å²) in [5, 5.41) is 0. The lowest BCUT2D eigenvalue weighted by Gasteiger charge is -2.36. The van der Waals surface area contributed by atoms with Gasteiger partial charge < -0.3 is 14.5 Å². The summed E-state index contributed by atoms with van der Waals surface area (Å²) in [5.41, 5.74) is 3.67. The fraction of sp³-hybridized carbons (Fsp3) is 0.400. The molecule has 0 N–H and O–H groups in total. The molecule has 0 spiro atoms. The van der Waals surface area contributed by atoms with Crippen LogP contribution >= 0.6 is 0 Å². The normalized spacial score (nSPS) is 16.7. The number of para-hydroxylation sites is 1. The van der Waals surface area contributed by atoms with Crippen LogP contribution in [0.1, 0.15) is 23.7 Å². The van der Waals surface area contributed by atoms with Gasteiger partial charge in [0.15, 0.2) is 0 Å². The first kappa shape index (κ1) is 20.7. The molecule has 0 radical (unpaired) electrons. The molecule has 1 aromatic carbocycles. The van der Waals surface area contributed by atoms with Gasteiger partial charge in [0, 0.05) is 75.8 Å². The minimum atomic E-state index is 0.687. The molecule has 0 atom stereocenters. The highest BCUT2D eigenvalue weighted by molar-refractivity contribution is 5.42. The fourth-order valence-electron chi connectivity index (χ4n) is 4.50. The van der Waals surface area contributed by atoms with Crippen LogP contribution in [0.4, 0.5) is 11.8 Å². The summed E-state index contributed by atoms with van der Waals surface area (Å²) in [5.74, 6) is 2.89. The summed E-state index contributed by atoms with van der Waals surface area (Å²) in [6, 6.07) is 14.4. The first-order valence-corrected chi connectivity index (χ1v) is 11.5. The van der Waals surface area contributed by atoms with Crippen molar-refractivity contribution in [3.05, 3.63) is 71.7 Å². The van der Waals surface area contributed by atoms with E-state index in [1.54, 1.807) is 0 Å². The Morgan fingerprint density at radius 2 is 1.72 bits per heavy atom. The van der Waals surface area contributed by atoms with Crippen LogP contribution in [0.3, 0.4) is 0 Å². The Bertz CT molecular complexity index is 1040. The second-order valence-corrected chi connectivity index (χ2v) is 8.31. The Morgan fingerprint density at radius 1 is 0.906 bits per heavy atom. The van der Waals surface area contributed by atoms with Gasteiger partial charge >= 0.3 is 0 Å². The molecule has 5 rings (SSSR count). The van der Waals surface area contributed by atoms with Crippen molar-refractivity contribution in [1.29, 1.82) is 0 Å². The van der Waals surface area contributed by atoms with Crippen LogP contribution in [-0.2, 0) is 19.5 Å². The highest BCUT2D eigenvalue weighted by Gasteiger charge is 2.23. The lowest BCUT2D eigenvalue weighted by atomic mass is 10.1. The van der Waals surface area contributed by atoms with Crippen LogP contribution in [0.2, 0.25) is 0 Å². The van der Waals surface area contributed by atoms with Crippen molar-refractivity contribution in [2.75, 3.05) is 49.1 Å². The Labute approximate surface area is 189 Å². The topological polar surface area (TPSA) is 57.6 Å². The SMILES string of the molecule is CCOc1ccccc1CN1CCc2nc(N3CCN(c4ccccn4)CC3)ncc2C1. The number of rotatable bonds is 6. The molecule has 7 heteroatoms. The molecule has 1 saturated heterocycles. The van der Waals surface area contributed by atoms with Crippen molar-refractivity contribution in [2.24, 2.45) is 0 Å². The van der Waals surface area contributed by atoms with E-state index < -0.39 is 0 Å². The van der Waals surface area contributed by atoms with Crippen LogP contribution in [0, 0.1) is 0 Å². The molecular formula is C25H30N6O. The highest BCUT2D eigenvalue weighted by Crippen LogP contribution is 2.25. The van der Waals surface area contributed by atoms with E-state index >= 15 is 0 Å². The number of pyridine rings is 1. The number of benzene rings is 1. The van der Waals surface area contributed by atoms with Gasteiger partial charge in [0.25, 0.3) is 0 Å². The maximum Gasteiger partial charge on any atom is 0.225 e. The van der Waals surface area contributed by atoms with Crippen molar-refractivity contribution in [1.82, 2.24) is 19.9 Å². The molecule has 2 aliphatic heterocycles. The van der Waals surface area contributed by atoms with Gasteiger partial charge in [0.2, 0.25) is 5.95 Å². The number of aromatic nitrogens is 3. The lowest BCUT2D eigenvalue weighted by Crippen LogP contribution is -2.47. The smallest absolute Gasteiger partial charge is 0.225 e. The van der Waals surface area contributed by atoms with E-state index in [1.165, 1.54) is 16.8 Å². The zero-order valence-corrected chi connectivity index (χ0v) is 18.7. The van der Waals surface area contributed by atoms with Gasteiger partial charge in [-0.25, -0.2) is 15.0 Å². The third-order valence-corrected chi connectivity index (χ3v) is 6.20. The van der Waals surface area contributed by atoms with E-state index in [9.17, 15) is 0 Å². The molecule has 0 bridgehead atoms. The Kier molecular flexibility index (Phi) is 6.16. The maximum absolute atomic E-state index is 5.80. The van der Waals surface area contributed by atoms with E-state index in [0.29, 0.717) is 6.61 Å². The summed E-state index contributed by atoms with van der Waals surface area (Å²) in [7, 11) is 0. The molecule has 7 nitrogen and oxygen atoms in total. The number of ether oxygens (including phenoxy) is 1. The molecule has 0 amide bonds. The molecule has 0 unspecified atom stereocenters. The number of piperazine rings is 1. The van der Waals surface area contributed by atoms with E-state index in [2.05, 4.69) is 43.9 Å². The van der Waals surface area contributed by atoms with Crippen LogP contribution < -0.4 is 14.5 Å². The first-order valence-electron chi connectivity index (χ1n) is 11.5. The largest absolute Gasteiger partial charge is 0.494 e. The fourth-order valence-corrected chi connectivity index (χ4v) is 4.50. The standard InChI is InChI=1S/C25H30N6O/c1-2-32-23-8-4-3-7-20(23)18-29-12-10-22-21(19-29)17-27-25(28-22)31-15-13-30(14-16-31)24-9-5-6-11-26-24/h3-9,11,17H,2,10,12-16,18-19H2,1H3. The molecular weight excluding hydrogens is 400 g/mol. The summed E-state index contributed by atoms with van der Waals surface area (Å²) >= 11 is 0.